The molecule has 3 heterocycles. The van der Waals surface area contributed by atoms with E-state index in [0.717, 1.165) is 61.3 Å². The van der Waals surface area contributed by atoms with Gasteiger partial charge in [0.15, 0.2) is 0 Å². The van der Waals surface area contributed by atoms with Gasteiger partial charge in [0.25, 0.3) is 0 Å². The van der Waals surface area contributed by atoms with Crippen LogP contribution in [0.25, 0.3) is 0 Å². The van der Waals surface area contributed by atoms with E-state index in [1.54, 1.807) is 0 Å². The molecular formula is C26H26F6N2. The van der Waals surface area contributed by atoms with Gasteiger partial charge in [-0.05, 0) is 60.7 Å². The van der Waals surface area contributed by atoms with E-state index in [-0.39, 0.29) is 12.0 Å². The lowest BCUT2D eigenvalue weighted by atomic mass is 9.76. The van der Waals surface area contributed by atoms with Gasteiger partial charge in [-0.1, -0.05) is 24.3 Å². The molecular weight excluding hydrogens is 454 g/mol. The highest BCUT2D eigenvalue weighted by Gasteiger charge is 2.40. The fourth-order valence-corrected chi connectivity index (χ4v) is 5.11. The number of terminal acetylenes is 1. The summed E-state index contributed by atoms with van der Waals surface area (Å²) in [6.07, 6.45) is -1.12. The van der Waals surface area contributed by atoms with Crippen molar-refractivity contribution in [2.45, 2.75) is 44.3 Å². The minimum Gasteiger partial charge on any atom is -0.298 e. The average molecular weight is 480 g/mol. The second-order valence-corrected chi connectivity index (χ2v) is 9.27. The number of rotatable bonds is 6. The van der Waals surface area contributed by atoms with Gasteiger partial charge in [-0.25, -0.2) is 0 Å². The van der Waals surface area contributed by atoms with E-state index >= 15 is 0 Å². The number of benzene rings is 2. The van der Waals surface area contributed by atoms with Gasteiger partial charge in [-0.3, -0.25) is 9.80 Å². The number of halogens is 6. The molecule has 0 spiro atoms. The van der Waals surface area contributed by atoms with Crippen molar-refractivity contribution in [2.75, 3.05) is 19.6 Å². The first-order chi connectivity index (χ1) is 16.0. The Balaban J connectivity index is 1.51. The molecule has 8 heteroatoms. The normalized spacial score (nSPS) is 24.9. The van der Waals surface area contributed by atoms with Crippen molar-refractivity contribution in [1.82, 2.24) is 9.80 Å². The Bertz CT molecular complexity index is 945. The molecule has 3 aliphatic heterocycles. The van der Waals surface area contributed by atoms with Crippen molar-refractivity contribution in [3.63, 3.8) is 0 Å². The molecule has 3 aliphatic rings. The SMILES string of the molecule is C#CC1CN2CCC1CC2CN(Cc1ccc(C(F)(F)F)cc1)Cc1ccc(C(F)(F)F)cc1. The van der Waals surface area contributed by atoms with Crippen molar-refractivity contribution in [3.05, 3.63) is 70.8 Å². The Morgan fingerprint density at radius 1 is 0.853 bits per heavy atom. The third-order valence-corrected chi connectivity index (χ3v) is 6.94. The van der Waals surface area contributed by atoms with Crippen LogP contribution in [0.4, 0.5) is 26.3 Å². The zero-order valence-corrected chi connectivity index (χ0v) is 18.5. The fraction of sp³-hybridized carbons (Fsp3) is 0.462. The highest BCUT2D eigenvalue weighted by atomic mass is 19.4. The summed E-state index contributed by atoms with van der Waals surface area (Å²) in [5.41, 5.74) is 0.0258. The van der Waals surface area contributed by atoms with E-state index in [2.05, 4.69) is 15.7 Å². The number of alkyl halides is 6. The van der Waals surface area contributed by atoms with Gasteiger partial charge in [-0.15, -0.1) is 12.3 Å². The number of nitrogens with zero attached hydrogens (tertiary/aromatic N) is 2. The summed E-state index contributed by atoms with van der Waals surface area (Å²) in [6.45, 7) is 3.25. The molecule has 2 aromatic carbocycles. The van der Waals surface area contributed by atoms with Crippen LogP contribution in [0.2, 0.25) is 0 Å². The standard InChI is InChI=1S/C26H26F6N2/c1-2-20-16-34-12-11-21(20)13-24(34)17-33(14-18-3-7-22(8-4-18)25(27,28)29)15-19-5-9-23(10-6-19)26(30,31)32/h1,3-10,20-21,24H,11-17H2. The van der Waals surface area contributed by atoms with Crippen molar-refractivity contribution in [2.24, 2.45) is 11.8 Å². The maximum Gasteiger partial charge on any atom is 0.416 e. The van der Waals surface area contributed by atoms with Crippen LogP contribution in [0, 0.1) is 24.2 Å². The number of hydrogen-bond donors (Lipinski definition) is 0. The smallest absolute Gasteiger partial charge is 0.298 e. The molecule has 0 N–H and O–H groups in total. The van der Waals surface area contributed by atoms with Gasteiger partial charge in [0.05, 0.1) is 11.1 Å². The van der Waals surface area contributed by atoms with Crippen molar-refractivity contribution in [1.29, 1.82) is 0 Å². The Morgan fingerprint density at radius 3 is 1.74 bits per heavy atom. The summed E-state index contributed by atoms with van der Waals surface area (Å²) < 4.78 is 77.6. The minimum absolute atomic E-state index is 0.239. The molecule has 4 unspecified atom stereocenters. The lowest BCUT2D eigenvalue weighted by Gasteiger charge is -2.49. The fourth-order valence-electron chi connectivity index (χ4n) is 5.11. The second-order valence-electron chi connectivity index (χ2n) is 9.27. The summed E-state index contributed by atoms with van der Waals surface area (Å²) in [5.74, 6) is 3.58. The van der Waals surface area contributed by atoms with Crippen LogP contribution in [-0.2, 0) is 25.4 Å². The third-order valence-electron chi connectivity index (χ3n) is 6.94. The first kappa shape index (κ1) is 24.6. The minimum atomic E-state index is -4.40. The van der Waals surface area contributed by atoms with Gasteiger partial charge in [0.2, 0.25) is 0 Å². The Morgan fingerprint density at radius 2 is 1.35 bits per heavy atom. The highest BCUT2D eigenvalue weighted by molar-refractivity contribution is 5.26. The summed E-state index contributed by atoms with van der Waals surface area (Å²) in [7, 11) is 0. The molecule has 3 saturated heterocycles. The zero-order chi connectivity index (χ0) is 24.5. The van der Waals surface area contributed by atoms with Crippen molar-refractivity contribution >= 4 is 0 Å². The molecule has 2 nitrogen and oxygen atoms in total. The van der Waals surface area contributed by atoms with Crippen LogP contribution in [0.15, 0.2) is 48.5 Å². The summed E-state index contributed by atoms with van der Waals surface area (Å²) >= 11 is 0. The monoisotopic (exact) mass is 480 g/mol. The van der Waals surface area contributed by atoms with E-state index in [0.29, 0.717) is 25.6 Å². The van der Waals surface area contributed by atoms with E-state index < -0.39 is 23.5 Å². The molecule has 182 valence electrons. The van der Waals surface area contributed by atoms with E-state index in [9.17, 15) is 26.3 Å². The molecule has 34 heavy (non-hydrogen) atoms. The third kappa shape index (κ3) is 5.76. The largest absolute Gasteiger partial charge is 0.416 e. The first-order valence-electron chi connectivity index (χ1n) is 11.3. The van der Waals surface area contributed by atoms with Gasteiger partial charge in [-0.2, -0.15) is 26.3 Å². The Labute approximate surface area is 195 Å². The summed E-state index contributed by atoms with van der Waals surface area (Å²) in [4.78, 5) is 4.47. The molecule has 3 fully saturated rings. The van der Waals surface area contributed by atoms with Crippen molar-refractivity contribution < 1.29 is 26.3 Å². The van der Waals surface area contributed by atoms with Gasteiger partial charge < -0.3 is 0 Å². The predicted octanol–water partition coefficient (Wildman–Crippen LogP) is 6.07. The molecule has 2 bridgehead atoms. The molecule has 0 radical (unpaired) electrons. The Hall–Kier alpha value is -2.50. The maximum atomic E-state index is 12.9. The molecule has 0 amide bonds. The topological polar surface area (TPSA) is 6.48 Å². The van der Waals surface area contributed by atoms with E-state index in [1.807, 2.05) is 0 Å². The number of hydrogen-bond acceptors (Lipinski definition) is 2. The molecule has 5 rings (SSSR count). The van der Waals surface area contributed by atoms with Gasteiger partial charge in [0, 0.05) is 38.1 Å². The molecule has 0 saturated carbocycles. The molecule has 4 atom stereocenters. The first-order valence-corrected chi connectivity index (χ1v) is 11.3. The van der Waals surface area contributed by atoms with Crippen molar-refractivity contribution in [3.8, 4) is 12.3 Å². The van der Waals surface area contributed by atoms with Gasteiger partial charge >= 0.3 is 12.4 Å². The Kier molecular flexibility index (Phi) is 6.97. The molecule has 2 aromatic rings. The predicted molar refractivity (Wildman–Crippen MR) is 117 cm³/mol. The molecule has 0 aliphatic carbocycles. The van der Waals surface area contributed by atoms with Crippen LogP contribution in [-0.4, -0.2) is 35.5 Å². The maximum absolute atomic E-state index is 12.9. The van der Waals surface area contributed by atoms with Crippen LogP contribution in [0.5, 0.6) is 0 Å². The van der Waals surface area contributed by atoms with Crippen LogP contribution >= 0.6 is 0 Å². The van der Waals surface area contributed by atoms with Crippen LogP contribution in [0.1, 0.15) is 35.1 Å². The lowest BCUT2D eigenvalue weighted by molar-refractivity contribution is -0.138. The second kappa shape index (κ2) is 9.63. The zero-order valence-electron chi connectivity index (χ0n) is 18.5. The number of fused-ring (bicyclic) bond motifs is 3. The van der Waals surface area contributed by atoms with E-state index in [4.69, 9.17) is 6.42 Å². The van der Waals surface area contributed by atoms with Crippen LogP contribution in [0.3, 0.4) is 0 Å². The quantitative estimate of drug-likeness (QED) is 0.366. The van der Waals surface area contributed by atoms with Gasteiger partial charge in [0.1, 0.15) is 0 Å². The highest BCUT2D eigenvalue weighted by Crippen LogP contribution is 2.37. The summed E-state index contributed by atoms with van der Waals surface area (Å²) in [5, 5.41) is 0. The summed E-state index contributed by atoms with van der Waals surface area (Å²) in [6, 6.07) is 10.4. The number of piperidine rings is 3. The lowest BCUT2D eigenvalue weighted by Crippen LogP contribution is -2.56. The van der Waals surface area contributed by atoms with Crippen LogP contribution < -0.4 is 0 Å². The van der Waals surface area contributed by atoms with E-state index in [1.165, 1.54) is 24.3 Å². The molecule has 0 aromatic heterocycles. The average Bonchev–Trinajstić information content (AvgIpc) is 2.79.